The average molecular weight is 488 g/mol. The van der Waals surface area contributed by atoms with E-state index in [0.29, 0.717) is 25.3 Å². The molecule has 3 amide bonds. The first-order chi connectivity index (χ1) is 16.2. The van der Waals surface area contributed by atoms with E-state index in [1.54, 1.807) is 36.1 Å². The number of benzene rings is 2. The molecule has 1 aliphatic rings. The molecule has 1 unspecified atom stereocenters. The summed E-state index contributed by atoms with van der Waals surface area (Å²) in [5, 5.41) is 0.620. The predicted octanol–water partition coefficient (Wildman–Crippen LogP) is 1.61. The maximum absolute atomic E-state index is 13.5. The molecule has 34 heavy (non-hydrogen) atoms. The van der Waals surface area contributed by atoms with Crippen LogP contribution in [0.25, 0.3) is 0 Å². The van der Waals surface area contributed by atoms with Crippen LogP contribution in [0.1, 0.15) is 29.3 Å². The van der Waals surface area contributed by atoms with E-state index in [1.807, 2.05) is 6.92 Å². The molecular formula is C24H29N3O6S. The molecule has 1 heterocycles. The van der Waals surface area contributed by atoms with Crippen LogP contribution >= 0.6 is 0 Å². The van der Waals surface area contributed by atoms with Gasteiger partial charge in [-0.1, -0.05) is 24.6 Å². The monoisotopic (exact) mass is 487 g/mol. The Morgan fingerprint density at radius 3 is 2.03 bits per heavy atom. The van der Waals surface area contributed by atoms with E-state index < -0.39 is 27.0 Å². The van der Waals surface area contributed by atoms with Crippen LogP contribution in [0.4, 0.5) is 0 Å². The second kappa shape index (κ2) is 10.7. The molecule has 2 aromatic rings. The van der Waals surface area contributed by atoms with Gasteiger partial charge in [-0.05, 0) is 43.3 Å². The van der Waals surface area contributed by atoms with E-state index >= 15 is 0 Å². The van der Waals surface area contributed by atoms with Gasteiger partial charge in [0, 0.05) is 38.2 Å². The fraction of sp³-hybridized carbons (Fsp3) is 0.375. The summed E-state index contributed by atoms with van der Waals surface area (Å²) in [6.07, 6.45) is 0.357. The summed E-state index contributed by atoms with van der Waals surface area (Å²) in [7, 11) is -2.75. The number of carbonyl (C=O) groups excluding carboxylic acids is 3. The Morgan fingerprint density at radius 2 is 1.50 bits per heavy atom. The Hall–Kier alpha value is -3.40. The summed E-state index contributed by atoms with van der Waals surface area (Å²) in [4.78, 5) is 41.2. The van der Waals surface area contributed by atoms with Crippen LogP contribution in [0.5, 0.6) is 5.75 Å². The highest BCUT2D eigenvalue weighted by atomic mass is 32.2. The van der Waals surface area contributed by atoms with Gasteiger partial charge in [-0.15, -0.1) is 0 Å². The Bertz CT molecular complexity index is 1140. The van der Waals surface area contributed by atoms with Crippen molar-refractivity contribution in [3.63, 3.8) is 0 Å². The maximum Gasteiger partial charge on any atom is 0.261 e. The van der Waals surface area contributed by atoms with Gasteiger partial charge in [-0.3, -0.25) is 14.4 Å². The van der Waals surface area contributed by atoms with Crippen LogP contribution in [0.15, 0.2) is 53.4 Å². The molecule has 0 aliphatic carbocycles. The Balaban J connectivity index is 1.88. The second-order valence-electron chi connectivity index (χ2n) is 8.00. The van der Waals surface area contributed by atoms with Crippen molar-refractivity contribution < 1.29 is 27.5 Å². The van der Waals surface area contributed by atoms with E-state index in [-0.39, 0.29) is 29.5 Å². The Kier molecular flexibility index (Phi) is 7.93. The minimum Gasteiger partial charge on any atom is -0.497 e. The number of methoxy groups -OCH3 is 1. The number of hydrogen-bond acceptors (Lipinski definition) is 6. The van der Waals surface area contributed by atoms with Crippen LogP contribution in [0.2, 0.25) is 0 Å². The predicted molar refractivity (Wildman–Crippen MR) is 126 cm³/mol. The molecule has 10 heteroatoms. The van der Waals surface area contributed by atoms with Crippen LogP contribution in [0, 0.1) is 6.92 Å². The second-order valence-corrected chi connectivity index (χ2v) is 10.0. The van der Waals surface area contributed by atoms with Crippen molar-refractivity contribution in [3.05, 3.63) is 59.7 Å². The molecule has 0 saturated carbocycles. The maximum atomic E-state index is 13.5. The lowest BCUT2D eigenvalue weighted by Gasteiger charge is -2.36. The van der Waals surface area contributed by atoms with E-state index in [1.165, 1.54) is 36.3 Å². The number of rotatable bonds is 7. The Morgan fingerprint density at radius 1 is 0.941 bits per heavy atom. The van der Waals surface area contributed by atoms with Crippen molar-refractivity contribution in [3.8, 4) is 5.75 Å². The smallest absolute Gasteiger partial charge is 0.261 e. The van der Waals surface area contributed by atoms with E-state index in [4.69, 9.17) is 4.74 Å². The molecule has 1 fully saturated rings. The van der Waals surface area contributed by atoms with Crippen molar-refractivity contribution in [1.29, 1.82) is 0 Å². The first kappa shape index (κ1) is 25.2. The molecule has 1 saturated heterocycles. The van der Waals surface area contributed by atoms with E-state index in [2.05, 4.69) is 5.32 Å². The van der Waals surface area contributed by atoms with Crippen LogP contribution in [-0.4, -0.2) is 74.6 Å². The first-order valence-corrected chi connectivity index (χ1v) is 12.5. The quantitative estimate of drug-likeness (QED) is 0.635. The summed E-state index contributed by atoms with van der Waals surface area (Å²) >= 11 is 0. The first-order valence-electron chi connectivity index (χ1n) is 11.0. The highest BCUT2D eigenvalue weighted by Crippen LogP contribution is 2.20. The SMILES string of the molecule is CCC(=O)N1CCN(C(=O)C(NC(=O)c2ccc(OC)cc2)S(=O)(=O)c2ccc(C)cc2)CC1. The third-order valence-corrected chi connectivity index (χ3v) is 7.61. The van der Waals surface area contributed by atoms with Crippen LogP contribution in [-0.2, 0) is 19.4 Å². The van der Waals surface area contributed by atoms with Crippen molar-refractivity contribution >= 4 is 27.6 Å². The topological polar surface area (TPSA) is 113 Å². The minimum absolute atomic E-state index is 0.0243. The van der Waals surface area contributed by atoms with Crippen LogP contribution < -0.4 is 10.1 Å². The van der Waals surface area contributed by atoms with Gasteiger partial charge in [0.1, 0.15) is 5.75 Å². The summed E-state index contributed by atoms with van der Waals surface area (Å²) in [5.74, 6) is -0.915. The average Bonchev–Trinajstić information content (AvgIpc) is 2.86. The number of nitrogens with one attached hydrogen (secondary N) is 1. The zero-order valence-corrected chi connectivity index (χ0v) is 20.3. The number of nitrogens with zero attached hydrogens (tertiary/aromatic N) is 2. The number of amides is 3. The zero-order valence-electron chi connectivity index (χ0n) is 19.5. The van der Waals surface area contributed by atoms with Crippen molar-refractivity contribution in [2.24, 2.45) is 0 Å². The third-order valence-electron chi connectivity index (χ3n) is 5.75. The largest absolute Gasteiger partial charge is 0.497 e. The molecule has 0 bridgehead atoms. The van der Waals surface area contributed by atoms with Crippen molar-refractivity contribution in [2.75, 3.05) is 33.3 Å². The molecule has 182 valence electrons. The highest BCUT2D eigenvalue weighted by molar-refractivity contribution is 7.92. The minimum atomic E-state index is -4.25. The third kappa shape index (κ3) is 5.56. The molecule has 2 aromatic carbocycles. The van der Waals surface area contributed by atoms with Gasteiger partial charge in [0.2, 0.25) is 21.1 Å². The number of sulfone groups is 1. The van der Waals surface area contributed by atoms with E-state index in [9.17, 15) is 22.8 Å². The summed E-state index contributed by atoms with van der Waals surface area (Å²) < 4.78 is 32.0. The molecule has 0 spiro atoms. The number of piperazine rings is 1. The molecule has 0 aromatic heterocycles. The summed E-state index contributed by atoms with van der Waals surface area (Å²) in [5.41, 5.74) is 1.05. The number of hydrogen-bond donors (Lipinski definition) is 1. The highest BCUT2D eigenvalue weighted by Gasteiger charge is 2.39. The van der Waals surface area contributed by atoms with Crippen LogP contribution in [0.3, 0.4) is 0 Å². The fourth-order valence-corrected chi connectivity index (χ4v) is 5.11. The van der Waals surface area contributed by atoms with Gasteiger partial charge in [-0.25, -0.2) is 8.42 Å². The molecule has 9 nitrogen and oxygen atoms in total. The van der Waals surface area contributed by atoms with Gasteiger partial charge in [-0.2, -0.15) is 0 Å². The summed E-state index contributed by atoms with van der Waals surface area (Å²) in [6.45, 7) is 4.57. The fourth-order valence-electron chi connectivity index (χ4n) is 3.65. The van der Waals surface area contributed by atoms with Gasteiger partial charge in [0.25, 0.3) is 11.8 Å². The number of ether oxygens (including phenoxy) is 1. The lowest BCUT2D eigenvalue weighted by atomic mass is 10.2. The lowest BCUT2D eigenvalue weighted by molar-refractivity contribution is -0.139. The zero-order chi connectivity index (χ0) is 24.9. The van der Waals surface area contributed by atoms with Crippen molar-refractivity contribution in [2.45, 2.75) is 30.5 Å². The molecule has 1 N–H and O–H groups in total. The molecule has 1 aliphatic heterocycles. The molecule has 0 radical (unpaired) electrons. The summed E-state index contributed by atoms with van der Waals surface area (Å²) in [6, 6.07) is 12.2. The van der Waals surface area contributed by atoms with E-state index in [0.717, 1.165) is 5.56 Å². The van der Waals surface area contributed by atoms with Gasteiger partial charge in [0.15, 0.2) is 0 Å². The normalized spacial score (nSPS) is 14.9. The molecular weight excluding hydrogens is 458 g/mol. The van der Waals surface area contributed by atoms with Gasteiger partial charge < -0.3 is 19.9 Å². The van der Waals surface area contributed by atoms with Gasteiger partial charge in [0.05, 0.1) is 12.0 Å². The van der Waals surface area contributed by atoms with Crippen molar-refractivity contribution in [1.82, 2.24) is 15.1 Å². The Labute approximate surface area is 199 Å². The number of aryl methyl sites for hydroxylation is 1. The number of carbonyl (C=O) groups is 3. The van der Waals surface area contributed by atoms with Gasteiger partial charge >= 0.3 is 0 Å². The lowest BCUT2D eigenvalue weighted by Crippen LogP contribution is -2.57. The molecule has 1 atom stereocenters. The molecule has 3 rings (SSSR count). The standard InChI is InChI=1S/C24H29N3O6S/c1-4-21(28)26-13-15-27(16-14-26)24(30)23(34(31,32)20-11-5-17(2)6-12-20)25-22(29)18-7-9-19(33-3)10-8-18/h5-12,23H,4,13-16H2,1-3H3,(H,25,29).